The topological polar surface area (TPSA) is 64.2 Å². The van der Waals surface area contributed by atoms with Crippen molar-refractivity contribution in [3.8, 4) is 11.5 Å². The largest absolute Gasteiger partial charge is 0.493 e. The van der Waals surface area contributed by atoms with Crippen LogP contribution in [0, 0.1) is 0 Å². The summed E-state index contributed by atoms with van der Waals surface area (Å²) in [6.07, 6.45) is 0. The number of nitrogens with one attached hydrogen (secondary N) is 1. The van der Waals surface area contributed by atoms with Crippen LogP contribution in [0.3, 0.4) is 0 Å². The van der Waals surface area contributed by atoms with Crippen molar-refractivity contribution in [2.24, 2.45) is 0 Å². The van der Waals surface area contributed by atoms with Crippen molar-refractivity contribution < 1.29 is 19.6 Å². The summed E-state index contributed by atoms with van der Waals surface area (Å²) in [5.41, 5.74) is 1.70. The third-order valence-corrected chi connectivity index (χ3v) is 3.89. The summed E-state index contributed by atoms with van der Waals surface area (Å²) in [5.74, 6) is 0.859. The maximum atomic E-state index is 12.0. The van der Waals surface area contributed by atoms with Crippen LogP contribution in [-0.2, 0) is 11.3 Å². The number of methoxy groups -OCH3 is 1. The number of nitrogens with two attached hydrogens (primary N) is 1. The minimum atomic E-state index is -0.285. The van der Waals surface area contributed by atoms with E-state index in [2.05, 4.69) is 24.5 Å². The van der Waals surface area contributed by atoms with E-state index in [1.807, 2.05) is 18.2 Å². The fourth-order valence-corrected chi connectivity index (χ4v) is 2.41. The van der Waals surface area contributed by atoms with E-state index in [1.165, 1.54) is 0 Å². The second-order valence-corrected chi connectivity index (χ2v) is 6.39. The molecule has 134 valence electrons. The molecule has 5 nitrogen and oxygen atoms in total. The predicted molar refractivity (Wildman–Crippen MR) is 99.3 cm³/mol. The van der Waals surface area contributed by atoms with Crippen LogP contribution in [0.4, 0.5) is 5.69 Å². The van der Waals surface area contributed by atoms with E-state index in [0.717, 1.165) is 12.1 Å². The molecular formula is C19H24ClN2O3+. The van der Waals surface area contributed by atoms with Gasteiger partial charge in [0.05, 0.1) is 23.9 Å². The molecule has 2 rings (SSSR count). The number of rotatable bonds is 8. The third kappa shape index (κ3) is 5.96. The van der Waals surface area contributed by atoms with Gasteiger partial charge in [-0.1, -0.05) is 23.7 Å². The van der Waals surface area contributed by atoms with Gasteiger partial charge >= 0.3 is 0 Å². The van der Waals surface area contributed by atoms with Gasteiger partial charge in [-0.05, 0) is 44.2 Å². The molecule has 0 saturated carbocycles. The van der Waals surface area contributed by atoms with E-state index in [4.69, 9.17) is 21.1 Å². The Bertz CT molecular complexity index is 720. The predicted octanol–water partition coefficient (Wildman–Crippen LogP) is 2.84. The highest BCUT2D eigenvalue weighted by atomic mass is 35.5. The molecule has 0 fully saturated rings. The molecule has 3 N–H and O–H groups in total. The van der Waals surface area contributed by atoms with E-state index < -0.39 is 0 Å². The van der Waals surface area contributed by atoms with Crippen LogP contribution in [0.15, 0.2) is 42.5 Å². The van der Waals surface area contributed by atoms with Gasteiger partial charge in [0, 0.05) is 5.56 Å². The number of amides is 1. The first kappa shape index (κ1) is 19.1. The number of hydrogen-bond acceptors (Lipinski definition) is 3. The highest BCUT2D eigenvalue weighted by Gasteiger charge is 2.11. The second-order valence-electron chi connectivity index (χ2n) is 5.99. The van der Waals surface area contributed by atoms with E-state index >= 15 is 0 Å². The smallest absolute Gasteiger partial charge is 0.262 e. The minimum absolute atomic E-state index is 0.126. The first-order valence-electron chi connectivity index (χ1n) is 8.17. The van der Waals surface area contributed by atoms with Gasteiger partial charge in [-0.2, -0.15) is 0 Å². The van der Waals surface area contributed by atoms with Gasteiger partial charge in [-0.25, -0.2) is 0 Å². The Morgan fingerprint density at radius 3 is 2.64 bits per heavy atom. The molecular weight excluding hydrogens is 340 g/mol. The lowest BCUT2D eigenvalue weighted by atomic mass is 10.2. The molecule has 0 spiro atoms. The molecule has 2 aromatic rings. The van der Waals surface area contributed by atoms with E-state index in [-0.39, 0.29) is 12.5 Å². The normalized spacial score (nSPS) is 10.6. The summed E-state index contributed by atoms with van der Waals surface area (Å²) >= 11 is 6.02. The van der Waals surface area contributed by atoms with E-state index in [1.54, 1.807) is 31.4 Å². The van der Waals surface area contributed by atoms with Gasteiger partial charge < -0.3 is 20.1 Å². The molecule has 6 heteroatoms. The average Bonchev–Trinajstić information content (AvgIpc) is 2.60. The van der Waals surface area contributed by atoms with Crippen molar-refractivity contribution in [3.05, 3.63) is 53.1 Å². The molecule has 25 heavy (non-hydrogen) atoms. The Morgan fingerprint density at radius 2 is 1.96 bits per heavy atom. The molecule has 0 unspecified atom stereocenters. The van der Waals surface area contributed by atoms with Crippen LogP contribution < -0.4 is 20.1 Å². The number of halogens is 1. The lowest BCUT2D eigenvalue weighted by Crippen LogP contribution is -2.86. The molecule has 0 aliphatic heterocycles. The number of carbonyl (C=O) groups is 1. The number of quaternary nitrogens is 1. The van der Waals surface area contributed by atoms with Gasteiger partial charge in [0.1, 0.15) is 6.54 Å². The number of anilines is 1. The summed E-state index contributed by atoms with van der Waals surface area (Å²) in [6, 6.07) is 13.3. The van der Waals surface area contributed by atoms with Crippen molar-refractivity contribution in [1.82, 2.24) is 0 Å². The first-order chi connectivity index (χ1) is 12.0. The summed E-state index contributed by atoms with van der Waals surface area (Å²) in [5, 5.41) is 5.43. The van der Waals surface area contributed by atoms with Crippen molar-refractivity contribution in [1.29, 1.82) is 0 Å². The molecule has 0 bridgehead atoms. The van der Waals surface area contributed by atoms with Crippen LogP contribution in [0.1, 0.15) is 19.4 Å². The molecule has 0 aromatic heterocycles. The Morgan fingerprint density at radius 1 is 1.20 bits per heavy atom. The molecule has 0 radical (unpaired) electrons. The molecule has 0 aliphatic rings. The fraction of sp³-hybridized carbons (Fsp3) is 0.316. The summed E-state index contributed by atoms with van der Waals surface area (Å²) in [4.78, 5) is 12.0. The maximum Gasteiger partial charge on any atom is 0.262 e. The van der Waals surface area contributed by atoms with Crippen LogP contribution in [0.2, 0.25) is 5.02 Å². The van der Waals surface area contributed by atoms with Crippen molar-refractivity contribution in [2.75, 3.05) is 19.0 Å². The Kier molecular flexibility index (Phi) is 7.10. The highest BCUT2D eigenvalue weighted by Crippen LogP contribution is 2.28. The molecule has 1 amide bonds. The highest BCUT2D eigenvalue weighted by molar-refractivity contribution is 6.33. The molecule has 0 heterocycles. The first-order valence-corrected chi connectivity index (χ1v) is 8.55. The van der Waals surface area contributed by atoms with Crippen LogP contribution in [0.5, 0.6) is 11.5 Å². The Hall–Kier alpha value is -2.24. The van der Waals surface area contributed by atoms with Crippen molar-refractivity contribution in [2.45, 2.75) is 26.4 Å². The lowest BCUT2D eigenvalue weighted by molar-refractivity contribution is -0.698. The zero-order valence-electron chi connectivity index (χ0n) is 14.7. The number of benzene rings is 2. The monoisotopic (exact) mass is 363 g/mol. The molecule has 0 atom stereocenters. The third-order valence-electron chi connectivity index (χ3n) is 3.56. The summed E-state index contributed by atoms with van der Waals surface area (Å²) in [6.45, 7) is 5.03. The van der Waals surface area contributed by atoms with Crippen LogP contribution in [0.25, 0.3) is 0 Å². The van der Waals surface area contributed by atoms with Crippen molar-refractivity contribution in [3.63, 3.8) is 0 Å². The quantitative estimate of drug-likeness (QED) is 0.758. The maximum absolute atomic E-state index is 12.0. The van der Waals surface area contributed by atoms with Crippen molar-refractivity contribution >= 4 is 23.2 Å². The van der Waals surface area contributed by atoms with E-state index in [9.17, 15) is 4.79 Å². The van der Waals surface area contributed by atoms with Crippen LogP contribution >= 0.6 is 11.6 Å². The van der Waals surface area contributed by atoms with E-state index in [0.29, 0.717) is 28.3 Å². The lowest BCUT2D eigenvalue weighted by Gasteiger charge is -2.13. The minimum Gasteiger partial charge on any atom is -0.493 e. The molecule has 2 aromatic carbocycles. The zero-order valence-corrected chi connectivity index (χ0v) is 15.5. The number of carbonyl (C=O) groups excluding carboxylic acids is 1. The van der Waals surface area contributed by atoms with Crippen LogP contribution in [-0.4, -0.2) is 25.7 Å². The number of ether oxygens (including phenoxy) is 2. The van der Waals surface area contributed by atoms with Gasteiger partial charge in [0.25, 0.3) is 5.91 Å². The number of hydrogen-bond donors (Lipinski definition) is 2. The summed E-state index contributed by atoms with van der Waals surface area (Å²) in [7, 11) is 1.59. The van der Waals surface area contributed by atoms with Gasteiger partial charge in [-0.15, -0.1) is 0 Å². The van der Waals surface area contributed by atoms with Gasteiger partial charge in [-0.3, -0.25) is 4.79 Å². The molecule has 0 saturated heterocycles. The summed E-state index contributed by atoms with van der Waals surface area (Å²) < 4.78 is 11.0. The average molecular weight is 364 g/mol. The Labute approximate surface area is 153 Å². The number of para-hydroxylation sites is 1. The second kappa shape index (κ2) is 9.30. The zero-order chi connectivity index (χ0) is 18.2. The molecule has 0 aliphatic carbocycles. The van der Waals surface area contributed by atoms with Gasteiger partial charge in [0.15, 0.2) is 18.1 Å². The fourth-order valence-electron chi connectivity index (χ4n) is 2.22. The van der Waals surface area contributed by atoms with Gasteiger partial charge in [0.2, 0.25) is 0 Å². The Balaban J connectivity index is 1.95. The standard InChI is InChI=1S/C19H23ClN2O3/c1-13(2)21-11-14-8-9-17(18(10-14)24-3)25-12-19(23)22-16-7-5-4-6-15(16)20/h4-10,13,21H,11-12H2,1-3H3,(H,22,23)/p+1. The SMILES string of the molecule is COc1cc(C[NH2+]C(C)C)ccc1OCC(=O)Nc1ccccc1Cl.